The van der Waals surface area contributed by atoms with Crippen molar-refractivity contribution in [3.8, 4) is 5.75 Å². The third kappa shape index (κ3) is 5.30. The molecule has 2 aromatic carbocycles. The lowest BCUT2D eigenvalue weighted by Gasteiger charge is -2.14. The van der Waals surface area contributed by atoms with E-state index >= 15 is 0 Å². The van der Waals surface area contributed by atoms with Gasteiger partial charge in [-0.25, -0.2) is 9.78 Å². The van der Waals surface area contributed by atoms with Crippen LogP contribution in [0.5, 0.6) is 5.75 Å². The fourth-order valence-corrected chi connectivity index (χ4v) is 3.53. The Bertz CT molecular complexity index is 1340. The van der Waals surface area contributed by atoms with Crippen LogP contribution in [0.1, 0.15) is 44.5 Å². The highest BCUT2D eigenvalue weighted by atomic mass is 79.9. The molecule has 0 fully saturated rings. The fraction of sp³-hybridized carbons (Fsp3) is 0.304. The number of esters is 1. The molecule has 0 aliphatic heterocycles. The Kier molecular flexibility index (Phi) is 7.77. The number of hydrogen-bond donors (Lipinski definition) is 0. The number of rotatable bonds is 8. The first kappa shape index (κ1) is 25.0. The average molecular weight is 531 g/mol. The summed E-state index contributed by atoms with van der Waals surface area (Å²) in [5.74, 6) is -0.315. The van der Waals surface area contributed by atoms with Gasteiger partial charge in [0.2, 0.25) is 0 Å². The summed E-state index contributed by atoms with van der Waals surface area (Å²) in [6, 6.07) is 9.41. The third-order valence-electron chi connectivity index (χ3n) is 5.23. The quantitative estimate of drug-likeness (QED) is 0.183. The number of carbonyl (C=O) groups is 1. The van der Waals surface area contributed by atoms with Gasteiger partial charge in [-0.15, -0.1) is 0 Å². The Morgan fingerprint density at radius 2 is 2.03 bits per heavy atom. The lowest BCUT2D eigenvalue weighted by atomic mass is 10.1. The van der Waals surface area contributed by atoms with Gasteiger partial charge in [-0.05, 0) is 43.7 Å². The molecule has 1 heterocycles. The maximum Gasteiger partial charge on any atom is 0.346 e. The van der Waals surface area contributed by atoms with E-state index in [9.17, 15) is 19.7 Å². The van der Waals surface area contributed by atoms with Crippen LogP contribution in [0, 0.1) is 10.1 Å². The van der Waals surface area contributed by atoms with Gasteiger partial charge in [-0.2, -0.15) is 9.78 Å². The van der Waals surface area contributed by atoms with E-state index in [1.54, 1.807) is 12.1 Å². The van der Waals surface area contributed by atoms with E-state index in [2.05, 4.69) is 30.8 Å². The van der Waals surface area contributed by atoms with Crippen molar-refractivity contribution in [2.75, 3.05) is 7.11 Å². The number of hydrogen-bond acceptors (Lipinski definition) is 8. The van der Waals surface area contributed by atoms with Crippen molar-refractivity contribution >= 4 is 44.7 Å². The molecule has 0 unspecified atom stereocenters. The number of methoxy groups -OCH3 is 1. The molecule has 34 heavy (non-hydrogen) atoms. The van der Waals surface area contributed by atoms with Crippen LogP contribution in [-0.2, 0) is 9.53 Å². The third-order valence-corrected chi connectivity index (χ3v) is 5.72. The highest BCUT2D eigenvalue weighted by molar-refractivity contribution is 9.10. The topological polar surface area (TPSA) is 126 Å². The summed E-state index contributed by atoms with van der Waals surface area (Å²) in [5.41, 5.74) is 0.224. The maximum atomic E-state index is 13.2. The molecule has 0 radical (unpaired) electrons. The second-order valence-corrected chi connectivity index (χ2v) is 8.49. The van der Waals surface area contributed by atoms with Gasteiger partial charge in [0.05, 0.1) is 29.2 Å². The normalized spacial score (nSPS) is 13.1. The van der Waals surface area contributed by atoms with E-state index in [0.717, 1.165) is 10.9 Å². The first-order chi connectivity index (χ1) is 16.2. The average Bonchev–Trinajstić information content (AvgIpc) is 2.83. The van der Waals surface area contributed by atoms with Crippen molar-refractivity contribution in [2.24, 2.45) is 5.10 Å². The standard InChI is InChI=1S/C23H23BrN4O6/c1-5-13(2)21-26-18-8-7-16(24)11-17(18)22(29)27(21)25-12-15-6-9-20(19(10-15)28(31)32)34-14(3)23(30)33-4/h6-14H,5H2,1-4H3/t13-,14-/m0/s1. The lowest BCUT2D eigenvalue weighted by molar-refractivity contribution is -0.386. The van der Waals surface area contributed by atoms with Crippen molar-refractivity contribution in [3.63, 3.8) is 0 Å². The molecule has 0 aliphatic rings. The number of nitrogens with zero attached hydrogens (tertiary/aromatic N) is 4. The minimum Gasteiger partial charge on any atom is -0.472 e. The van der Waals surface area contributed by atoms with Crippen LogP contribution >= 0.6 is 15.9 Å². The van der Waals surface area contributed by atoms with Gasteiger partial charge in [0.1, 0.15) is 5.82 Å². The van der Waals surface area contributed by atoms with Crippen molar-refractivity contribution in [1.29, 1.82) is 0 Å². The number of aromatic nitrogens is 2. The molecular formula is C23H23BrN4O6. The summed E-state index contributed by atoms with van der Waals surface area (Å²) in [5, 5.41) is 16.3. The Morgan fingerprint density at radius 3 is 2.68 bits per heavy atom. The maximum absolute atomic E-state index is 13.2. The summed E-state index contributed by atoms with van der Waals surface area (Å²) < 4.78 is 11.9. The molecule has 0 saturated heterocycles. The molecule has 0 spiro atoms. The number of fused-ring (bicyclic) bond motifs is 1. The van der Waals surface area contributed by atoms with Crippen molar-refractivity contribution in [1.82, 2.24) is 9.66 Å². The fourth-order valence-electron chi connectivity index (χ4n) is 3.17. The number of halogens is 1. The molecule has 178 valence electrons. The Labute approximate surface area is 203 Å². The molecule has 0 N–H and O–H groups in total. The number of benzene rings is 2. The molecule has 3 aromatic rings. The van der Waals surface area contributed by atoms with Gasteiger partial charge < -0.3 is 9.47 Å². The van der Waals surface area contributed by atoms with Crippen LogP contribution in [-0.4, -0.2) is 40.0 Å². The largest absolute Gasteiger partial charge is 0.472 e. The molecule has 3 rings (SSSR count). The predicted octanol–water partition coefficient (Wildman–Crippen LogP) is 4.40. The summed E-state index contributed by atoms with van der Waals surface area (Å²) in [6.07, 6.45) is 1.06. The molecular weight excluding hydrogens is 508 g/mol. The van der Waals surface area contributed by atoms with Crippen LogP contribution < -0.4 is 10.3 Å². The van der Waals surface area contributed by atoms with Crippen LogP contribution in [0.3, 0.4) is 0 Å². The first-order valence-electron chi connectivity index (χ1n) is 10.5. The summed E-state index contributed by atoms with van der Waals surface area (Å²) >= 11 is 3.37. The molecule has 2 atom stereocenters. The second-order valence-electron chi connectivity index (χ2n) is 7.57. The number of nitro benzene ring substituents is 1. The van der Waals surface area contributed by atoms with Gasteiger partial charge in [-0.3, -0.25) is 14.9 Å². The molecule has 0 amide bonds. The summed E-state index contributed by atoms with van der Waals surface area (Å²) in [4.78, 5) is 40.4. The van der Waals surface area contributed by atoms with Gasteiger partial charge in [0, 0.05) is 22.0 Å². The molecule has 0 aliphatic carbocycles. The van der Waals surface area contributed by atoms with E-state index in [1.807, 2.05) is 19.9 Å². The predicted molar refractivity (Wildman–Crippen MR) is 131 cm³/mol. The lowest BCUT2D eigenvalue weighted by Crippen LogP contribution is -2.25. The highest BCUT2D eigenvalue weighted by Gasteiger charge is 2.22. The van der Waals surface area contributed by atoms with E-state index < -0.39 is 17.0 Å². The Balaban J connectivity index is 2.06. The minimum atomic E-state index is -1.03. The van der Waals surface area contributed by atoms with Gasteiger partial charge in [0.25, 0.3) is 5.56 Å². The van der Waals surface area contributed by atoms with Crippen LogP contribution in [0.2, 0.25) is 0 Å². The Morgan fingerprint density at radius 1 is 1.29 bits per heavy atom. The first-order valence-corrected chi connectivity index (χ1v) is 11.2. The molecule has 1 aromatic heterocycles. The van der Waals surface area contributed by atoms with Crippen LogP contribution in [0.4, 0.5) is 5.69 Å². The SMILES string of the molecule is CC[C@H](C)c1nc2ccc(Br)cc2c(=O)n1N=Cc1ccc(O[C@@H](C)C(=O)OC)c([N+](=O)[O-])c1. The molecule has 0 saturated carbocycles. The zero-order valence-electron chi connectivity index (χ0n) is 19.0. The second kappa shape index (κ2) is 10.6. The van der Waals surface area contributed by atoms with Gasteiger partial charge in [-0.1, -0.05) is 29.8 Å². The monoisotopic (exact) mass is 530 g/mol. The van der Waals surface area contributed by atoms with E-state index in [-0.39, 0.29) is 22.9 Å². The van der Waals surface area contributed by atoms with Crippen molar-refractivity contribution in [2.45, 2.75) is 39.2 Å². The zero-order chi connectivity index (χ0) is 25.0. The Hall–Kier alpha value is -3.60. The number of ether oxygens (including phenoxy) is 2. The van der Waals surface area contributed by atoms with Crippen molar-refractivity contribution in [3.05, 3.63) is 72.7 Å². The van der Waals surface area contributed by atoms with Crippen LogP contribution in [0.25, 0.3) is 10.9 Å². The van der Waals surface area contributed by atoms with Crippen molar-refractivity contribution < 1.29 is 19.2 Å². The number of carbonyl (C=O) groups excluding carboxylic acids is 1. The van der Waals surface area contributed by atoms with Crippen LogP contribution in [0.15, 0.2) is 50.8 Å². The smallest absolute Gasteiger partial charge is 0.346 e. The molecule has 11 heteroatoms. The molecule has 10 nitrogen and oxygen atoms in total. The summed E-state index contributed by atoms with van der Waals surface area (Å²) in [7, 11) is 1.20. The zero-order valence-corrected chi connectivity index (χ0v) is 20.6. The summed E-state index contributed by atoms with van der Waals surface area (Å²) in [6.45, 7) is 5.35. The highest BCUT2D eigenvalue weighted by Crippen LogP contribution is 2.29. The van der Waals surface area contributed by atoms with Gasteiger partial charge in [0.15, 0.2) is 11.9 Å². The number of nitro groups is 1. The van der Waals surface area contributed by atoms with Gasteiger partial charge >= 0.3 is 11.7 Å². The molecule has 0 bridgehead atoms. The van der Waals surface area contributed by atoms with E-state index in [1.165, 1.54) is 43.1 Å². The van der Waals surface area contributed by atoms with E-state index in [0.29, 0.717) is 22.3 Å². The minimum absolute atomic E-state index is 0.0529. The van der Waals surface area contributed by atoms with E-state index in [4.69, 9.17) is 4.74 Å².